The molecule has 0 bridgehead atoms. The van der Waals surface area contributed by atoms with Crippen LogP contribution in [0.1, 0.15) is 37.8 Å². The maximum atomic E-state index is 13.6. The number of benzene rings is 2. The molecule has 1 unspecified atom stereocenters. The summed E-state index contributed by atoms with van der Waals surface area (Å²) < 4.78 is 26.2. The van der Waals surface area contributed by atoms with Crippen molar-refractivity contribution in [1.82, 2.24) is 10.2 Å². The number of nitrogens with one attached hydrogen (secondary N) is 1. The third kappa shape index (κ3) is 7.35. The molecule has 0 spiro atoms. The number of sulfonamides is 1. The maximum Gasteiger partial charge on any atom is 0.244 e. The monoisotopic (exact) mass is 527 g/mol. The van der Waals surface area contributed by atoms with Gasteiger partial charge in [0.25, 0.3) is 0 Å². The molecule has 34 heavy (non-hydrogen) atoms. The highest BCUT2D eigenvalue weighted by Gasteiger charge is 2.32. The van der Waals surface area contributed by atoms with E-state index in [2.05, 4.69) is 5.32 Å². The van der Waals surface area contributed by atoms with Gasteiger partial charge < -0.3 is 10.2 Å². The van der Waals surface area contributed by atoms with Crippen LogP contribution in [0.5, 0.6) is 0 Å². The molecule has 2 amide bonds. The third-order valence-electron chi connectivity index (χ3n) is 5.25. The molecule has 186 valence electrons. The van der Waals surface area contributed by atoms with Gasteiger partial charge in [-0.3, -0.25) is 13.9 Å². The molecule has 0 aliphatic carbocycles. The van der Waals surface area contributed by atoms with Crippen LogP contribution in [0.3, 0.4) is 0 Å². The van der Waals surface area contributed by atoms with Crippen LogP contribution in [0, 0.1) is 6.92 Å². The second kappa shape index (κ2) is 12.4. The normalized spacial score (nSPS) is 12.2. The zero-order chi connectivity index (χ0) is 25.5. The largest absolute Gasteiger partial charge is 0.354 e. The highest BCUT2D eigenvalue weighted by atomic mass is 35.5. The van der Waals surface area contributed by atoms with E-state index in [9.17, 15) is 18.0 Å². The van der Waals surface area contributed by atoms with E-state index in [-0.39, 0.29) is 28.2 Å². The van der Waals surface area contributed by atoms with Crippen LogP contribution in [0.15, 0.2) is 42.5 Å². The number of carbonyl (C=O) groups is 2. The summed E-state index contributed by atoms with van der Waals surface area (Å²) >= 11 is 12.4. The van der Waals surface area contributed by atoms with Crippen molar-refractivity contribution in [3.05, 3.63) is 63.6 Å². The van der Waals surface area contributed by atoms with Crippen LogP contribution in [-0.4, -0.2) is 50.5 Å². The Morgan fingerprint density at radius 1 is 1.09 bits per heavy atom. The lowest BCUT2D eigenvalue weighted by Gasteiger charge is -2.33. The van der Waals surface area contributed by atoms with Crippen molar-refractivity contribution in [2.45, 2.75) is 46.2 Å². The fourth-order valence-electron chi connectivity index (χ4n) is 3.57. The lowest BCUT2D eigenvalue weighted by molar-refractivity contribution is -0.140. The lowest BCUT2D eigenvalue weighted by atomic mass is 10.1. The highest BCUT2D eigenvalue weighted by Crippen LogP contribution is 2.33. The molecule has 0 heterocycles. The first-order valence-electron chi connectivity index (χ1n) is 11.0. The van der Waals surface area contributed by atoms with Crippen molar-refractivity contribution >= 4 is 50.7 Å². The summed E-state index contributed by atoms with van der Waals surface area (Å²) in [5.74, 6) is -0.807. The van der Waals surface area contributed by atoms with Crippen molar-refractivity contribution in [3.63, 3.8) is 0 Å². The van der Waals surface area contributed by atoms with Crippen LogP contribution in [0.4, 0.5) is 5.69 Å². The number of aryl methyl sites for hydroxylation is 1. The van der Waals surface area contributed by atoms with Crippen LogP contribution in [0.25, 0.3) is 0 Å². The molecule has 10 heteroatoms. The smallest absolute Gasteiger partial charge is 0.244 e. The summed E-state index contributed by atoms with van der Waals surface area (Å²) in [5.41, 5.74) is 1.95. The van der Waals surface area contributed by atoms with Crippen molar-refractivity contribution in [2.24, 2.45) is 0 Å². The average Bonchev–Trinajstić information content (AvgIpc) is 2.77. The molecular formula is C24H31Cl2N3O4S. The Kier molecular flexibility index (Phi) is 10.2. The van der Waals surface area contributed by atoms with Gasteiger partial charge in [0, 0.05) is 13.1 Å². The predicted octanol–water partition coefficient (Wildman–Crippen LogP) is 4.40. The average molecular weight is 529 g/mol. The Hall–Kier alpha value is -2.29. The molecule has 2 aromatic rings. The van der Waals surface area contributed by atoms with Gasteiger partial charge in [0.2, 0.25) is 21.8 Å². The maximum absolute atomic E-state index is 13.6. The lowest BCUT2D eigenvalue weighted by Crippen LogP contribution is -2.52. The molecule has 0 saturated heterocycles. The summed E-state index contributed by atoms with van der Waals surface area (Å²) in [5, 5.41) is 3.04. The van der Waals surface area contributed by atoms with Gasteiger partial charge in [-0.15, -0.1) is 0 Å². The molecule has 2 aromatic carbocycles. The molecule has 1 N–H and O–H groups in total. The predicted molar refractivity (Wildman–Crippen MR) is 138 cm³/mol. The molecule has 0 radical (unpaired) electrons. The Bertz CT molecular complexity index is 1120. The van der Waals surface area contributed by atoms with Crippen molar-refractivity contribution < 1.29 is 18.0 Å². The van der Waals surface area contributed by atoms with Crippen LogP contribution in [0.2, 0.25) is 10.0 Å². The fraction of sp³-hybridized carbons (Fsp3) is 0.417. The number of hydrogen-bond donors (Lipinski definition) is 1. The van der Waals surface area contributed by atoms with Crippen molar-refractivity contribution in [3.8, 4) is 0 Å². The molecule has 0 aromatic heterocycles. The zero-order valence-electron chi connectivity index (χ0n) is 19.8. The van der Waals surface area contributed by atoms with E-state index in [1.807, 2.05) is 45.0 Å². The van der Waals surface area contributed by atoms with E-state index in [0.717, 1.165) is 28.1 Å². The third-order valence-corrected chi connectivity index (χ3v) is 7.19. The van der Waals surface area contributed by atoms with Crippen molar-refractivity contribution in [2.75, 3.05) is 23.7 Å². The first-order valence-corrected chi connectivity index (χ1v) is 13.6. The van der Waals surface area contributed by atoms with Gasteiger partial charge in [0.05, 0.1) is 22.0 Å². The minimum absolute atomic E-state index is 0.0281. The topological polar surface area (TPSA) is 86.8 Å². The first kappa shape index (κ1) is 28.0. The van der Waals surface area contributed by atoms with Gasteiger partial charge in [-0.1, -0.05) is 72.9 Å². The van der Waals surface area contributed by atoms with Gasteiger partial charge in [0.15, 0.2) is 0 Å². The number of halogens is 2. The van der Waals surface area contributed by atoms with Crippen LogP contribution >= 0.6 is 23.2 Å². The molecule has 0 saturated carbocycles. The molecule has 0 fully saturated rings. The first-order chi connectivity index (χ1) is 16.0. The molecule has 2 rings (SSSR count). The zero-order valence-corrected chi connectivity index (χ0v) is 22.2. The second-order valence-electron chi connectivity index (χ2n) is 8.07. The molecule has 1 atom stereocenters. The van der Waals surface area contributed by atoms with Gasteiger partial charge in [-0.2, -0.15) is 0 Å². The minimum atomic E-state index is -3.89. The summed E-state index contributed by atoms with van der Waals surface area (Å²) in [6.45, 7) is 5.80. The van der Waals surface area contributed by atoms with Gasteiger partial charge in [-0.25, -0.2) is 8.42 Å². The summed E-state index contributed by atoms with van der Waals surface area (Å²) in [6.07, 6.45) is 2.11. The number of hydrogen-bond acceptors (Lipinski definition) is 4. The van der Waals surface area contributed by atoms with Gasteiger partial charge >= 0.3 is 0 Å². The standard InChI is InChI=1S/C24H31Cl2N3O4S/c1-5-13-27-24(31)20(6-2)28(15-18-10-7-9-17(3)14-18)22(30)16-29(34(4,32)33)21-12-8-11-19(25)23(21)26/h7-12,14,20H,5-6,13,15-16H2,1-4H3,(H,27,31). The number of rotatable bonds is 11. The van der Waals surface area contributed by atoms with Crippen LogP contribution < -0.4 is 9.62 Å². The Balaban J connectivity index is 2.47. The number of carbonyl (C=O) groups excluding carboxylic acids is 2. The second-order valence-corrected chi connectivity index (χ2v) is 10.8. The van der Waals surface area contributed by atoms with Gasteiger partial charge in [0.1, 0.15) is 12.6 Å². The molecule has 0 aliphatic heterocycles. The Morgan fingerprint density at radius 3 is 2.35 bits per heavy atom. The van der Waals surface area contributed by atoms with E-state index in [1.54, 1.807) is 6.07 Å². The van der Waals surface area contributed by atoms with E-state index >= 15 is 0 Å². The SMILES string of the molecule is CCCNC(=O)C(CC)N(Cc1cccc(C)c1)C(=O)CN(c1cccc(Cl)c1Cl)S(C)(=O)=O. The Labute approximate surface area is 212 Å². The summed E-state index contributed by atoms with van der Waals surface area (Å²) in [4.78, 5) is 27.9. The molecule has 0 aliphatic rings. The quantitative estimate of drug-likeness (QED) is 0.469. The number of anilines is 1. The number of amides is 2. The van der Waals surface area contributed by atoms with Gasteiger partial charge in [-0.05, 0) is 37.5 Å². The minimum Gasteiger partial charge on any atom is -0.354 e. The number of nitrogens with zero attached hydrogens (tertiary/aromatic N) is 2. The van der Waals surface area contributed by atoms with Crippen LogP contribution in [-0.2, 0) is 26.2 Å². The highest BCUT2D eigenvalue weighted by molar-refractivity contribution is 7.92. The van der Waals surface area contributed by atoms with E-state index in [4.69, 9.17) is 23.2 Å². The van der Waals surface area contributed by atoms with E-state index in [1.165, 1.54) is 17.0 Å². The summed E-state index contributed by atoms with van der Waals surface area (Å²) in [7, 11) is -3.89. The van der Waals surface area contributed by atoms with Crippen molar-refractivity contribution in [1.29, 1.82) is 0 Å². The molecular weight excluding hydrogens is 497 g/mol. The van der Waals surface area contributed by atoms with E-state index < -0.39 is 28.5 Å². The Morgan fingerprint density at radius 2 is 1.76 bits per heavy atom. The fourth-order valence-corrected chi connectivity index (χ4v) is 4.87. The summed E-state index contributed by atoms with van der Waals surface area (Å²) in [6, 6.07) is 11.4. The van der Waals surface area contributed by atoms with E-state index in [0.29, 0.717) is 13.0 Å². The molecule has 7 nitrogen and oxygen atoms in total.